The first-order valence-corrected chi connectivity index (χ1v) is 10.7. The third-order valence-corrected chi connectivity index (χ3v) is 5.69. The molecule has 0 bridgehead atoms. The van der Waals surface area contributed by atoms with Gasteiger partial charge in [0.15, 0.2) is 17.2 Å². The van der Waals surface area contributed by atoms with Crippen LogP contribution in [0.1, 0.15) is 48.3 Å². The molecule has 168 valence electrons. The minimum absolute atomic E-state index is 0.257. The number of nitrogens with one attached hydrogen (secondary N) is 1. The highest BCUT2D eigenvalue weighted by molar-refractivity contribution is 5.91. The molecular formula is C24H28N4O4. The molecule has 1 aromatic carbocycles. The Hall–Kier alpha value is -3.39. The number of nitrogens with zero attached hydrogens (tertiary/aromatic N) is 3. The second-order valence-electron chi connectivity index (χ2n) is 8.24. The fourth-order valence-electron chi connectivity index (χ4n) is 3.47. The summed E-state index contributed by atoms with van der Waals surface area (Å²) in [6.45, 7) is 8.41. The molecule has 0 saturated carbocycles. The first-order valence-electron chi connectivity index (χ1n) is 10.7. The average molecular weight is 437 g/mol. The Labute approximate surface area is 187 Å². The first kappa shape index (κ1) is 21.8. The van der Waals surface area contributed by atoms with Crippen LogP contribution < -0.4 is 14.8 Å². The molecule has 32 heavy (non-hydrogen) atoms. The SMILES string of the molecule is CC(C)C(C)N(Cc1ccc2c(c1)OCO2)Cc1nc(C(=O)NCc2ccncc2)co1. The molecule has 0 fully saturated rings. The van der Waals surface area contributed by atoms with Gasteiger partial charge in [-0.05, 0) is 48.2 Å². The monoisotopic (exact) mass is 436 g/mol. The van der Waals surface area contributed by atoms with Crippen molar-refractivity contribution in [3.63, 3.8) is 0 Å². The maximum Gasteiger partial charge on any atom is 0.273 e. The lowest BCUT2D eigenvalue weighted by molar-refractivity contribution is 0.0945. The van der Waals surface area contributed by atoms with Gasteiger partial charge in [0.1, 0.15) is 6.26 Å². The Balaban J connectivity index is 1.42. The van der Waals surface area contributed by atoms with E-state index in [4.69, 9.17) is 13.9 Å². The third-order valence-electron chi connectivity index (χ3n) is 5.69. The molecule has 1 aliphatic rings. The predicted molar refractivity (Wildman–Crippen MR) is 118 cm³/mol. The number of rotatable bonds is 9. The highest BCUT2D eigenvalue weighted by atomic mass is 16.7. The molecule has 0 aliphatic carbocycles. The molecule has 1 aliphatic heterocycles. The van der Waals surface area contributed by atoms with Crippen molar-refractivity contribution >= 4 is 5.91 Å². The van der Waals surface area contributed by atoms with Crippen molar-refractivity contribution < 1.29 is 18.7 Å². The van der Waals surface area contributed by atoms with Gasteiger partial charge in [-0.3, -0.25) is 14.7 Å². The quantitative estimate of drug-likeness (QED) is 0.546. The molecule has 4 rings (SSSR count). The summed E-state index contributed by atoms with van der Waals surface area (Å²) in [5.41, 5.74) is 2.36. The van der Waals surface area contributed by atoms with Gasteiger partial charge in [-0.15, -0.1) is 0 Å². The van der Waals surface area contributed by atoms with Gasteiger partial charge in [0.05, 0.1) is 6.54 Å². The number of amides is 1. The van der Waals surface area contributed by atoms with E-state index in [1.165, 1.54) is 6.26 Å². The van der Waals surface area contributed by atoms with E-state index in [2.05, 4.69) is 41.0 Å². The minimum atomic E-state index is -0.268. The van der Waals surface area contributed by atoms with Crippen LogP contribution in [0.25, 0.3) is 0 Å². The molecule has 1 amide bonds. The summed E-state index contributed by atoms with van der Waals surface area (Å²) in [6.07, 6.45) is 4.80. The van der Waals surface area contributed by atoms with Crippen molar-refractivity contribution in [3.8, 4) is 11.5 Å². The summed E-state index contributed by atoms with van der Waals surface area (Å²) >= 11 is 0. The molecule has 8 heteroatoms. The molecule has 0 radical (unpaired) electrons. The van der Waals surface area contributed by atoms with E-state index < -0.39 is 0 Å². The fourth-order valence-corrected chi connectivity index (χ4v) is 3.47. The molecular weight excluding hydrogens is 408 g/mol. The van der Waals surface area contributed by atoms with Crippen molar-refractivity contribution in [3.05, 3.63) is 71.7 Å². The van der Waals surface area contributed by atoms with Gasteiger partial charge in [0, 0.05) is 31.5 Å². The van der Waals surface area contributed by atoms with Crippen LogP contribution in [0.2, 0.25) is 0 Å². The summed E-state index contributed by atoms with van der Waals surface area (Å²) in [4.78, 5) is 23.2. The zero-order valence-electron chi connectivity index (χ0n) is 18.6. The molecule has 1 atom stereocenters. The number of fused-ring (bicyclic) bond motifs is 1. The number of pyridine rings is 1. The number of ether oxygens (including phenoxy) is 2. The van der Waals surface area contributed by atoms with Crippen molar-refractivity contribution in [1.29, 1.82) is 0 Å². The zero-order chi connectivity index (χ0) is 22.5. The summed E-state index contributed by atoms with van der Waals surface area (Å²) in [6, 6.07) is 9.98. The molecule has 0 saturated heterocycles. The predicted octanol–water partition coefficient (Wildman–Crippen LogP) is 3.78. The van der Waals surface area contributed by atoms with Gasteiger partial charge in [-0.1, -0.05) is 19.9 Å². The van der Waals surface area contributed by atoms with E-state index in [0.717, 1.165) is 22.6 Å². The number of hydrogen-bond donors (Lipinski definition) is 1. The summed E-state index contributed by atoms with van der Waals surface area (Å²) < 4.78 is 16.6. The van der Waals surface area contributed by atoms with Gasteiger partial charge < -0.3 is 19.2 Å². The normalized spacial score (nSPS) is 13.5. The van der Waals surface area contributed by atoms with Crippen LogP contribution in [-0.4, -0.2) is 33.6 Å². The summed E-state index contributed by atoms with van der Waals surface area (Å²) in [5.74, 6) is 2.21. The number of aromatic nitrogens is 2. The lowest BCUT2D eigenvalue weighted by atomic mass is 10.0. The Morgan fingerprint density at radius 1 is 1.06 bits per heavy atom. The van der Waals surface area contributed by atoms with E-state index >= 15 is 0 Å². The van der Waals surface area contributed by atoms with E-state index in [-0.39, 0.29) is 24.4 Å². The van der Waals surface area contributed by atoms with E-state index in [1.54, 1.807) is 12.4 Å². The number of carbonyl (C=O) groups excluding carboxylic acids is 1. The Morgan fingerprint density at radius 3 is 2.62 bits per heavy atom. The summed E-state index contributed by atoms with van der Waals surface area (Å²) in [7, 11) is 0. The van der Waals surface area contributed by atoms with E-state index in [9.17, 15) is 4.79 Å². The standard InChI is InChI=1S/C24H28N4O4/c1-16(2)17(3)28(12-19-4-5-21-22(10-19)32-15-31-21)13-23-27-20(14-30-23)24(29)26-11-18-6-8-25-9-7-18/h4-10,14,16-17H,11-13,15H2,1-3H3,(H,26,29). The fraction of sp³-hybridized carbons (Fsp3) is 0.375. The van der Waals surface area contributed by atoms with Crippen LogP contribution in [0, 0.1) is 5.92 Å². The molecule has 1 N–H and O–H groups in total. The highest BCUT2D eigenvalue weighted by Gasteiger charge is 2.22. The largest absolute Gasteiger partial charge is 0.454 e. The van der Waals surface area contributed by atoms with Gasteiger partial charge in [0.2, 0.25) is 12.7 Å². The Bertz CT molecular complexity index is 1050. The molecule has 0 spiro atoms. The van der Waals surface area contributed by atoms with Crippen LogP contribution in [-0.2, 0) is 19.6 Å². The van der Waals surface area contributed by atoms with Crippen molar-refractivity contribution in [1.82, 2.24) is 20.2 Å². The van der Waals surface area contributed by atoms with Crippen molar-refractivity contribution in [2.45, 2.75) is 46.4 Å². The molecule has 1 unspecified atom stereocenters. The molecule has 3 aromatic rings. The lowest BCUT2D eigenvalue weighted by Crippen LogP contribution is -2.36. The van der Waals surface area contributed by atoms with E-state index in [0.29, 0.717) is 31.4 Å². The zero-order valence-corrected chi connectivity index (χ0v) is 18.6. The second kappa shape index (κ2) is 9.82. The number of carbonyl (C=O) groups is 1. The third kappa shape index (κ3) is 5.26. The van der Waals surface area contributed by atoms with Crippen LogP contribution in [0.3, 0.4) is 0 Å². The number of oxazole rings is 1. The number of benzene rings is 1. The topological polar surface area (TPSA) is 89.7 Å². The Morgan fingerprint density at radius 2 is 1.84 bits per heavy atom. The van der Waals surface area contributed by atoms with Crippen LogP contribution in [0.15, 0.2) is 53.4 Å². The van der Waals surface area contributed by atoms with Gasteiger partial charge in [-0.25, -0.2) is 4.98 Å². The first-order chi connectivity index (χ1) is 15.5. The van der Waals surface area contributed by atoms with Crippen molar-refractivity contribution in [2.75, 3.05) is 6.79 Å². The Kier molecular flexibility index (Phi) is 6.70. The number of hydrogen-bond acceptors (Lipinski definition) is 7. The maximum atomic E-state index is 12.5. The minimum Gasteiger partial charge on any atom is -0.454 e. The van der Waals surface area contributed by atoms with E-state index in [1.807, 2.05) is 30.3 Å². The second-order valence-corrected chi connectivity index (χ2v) is 8.24. The molecule has 8 nitrogen and oxygen atoms in total. The smallest absolute Gasteiger partial charge is 0.273 e. The van der Waals surface area contributed by atoms with Crippen molar-refractivity contribution in [2.24, 2.45) is 5.92 Å². The highest BCUT2D eigenvalue weighted by Crippen LogP contribution is 2.33. The maximum absolute atomic E-state index is 12.5. The molecule has 3 heterocycles. The summed E-state index contributed by atoms with van der Waals surface area (Å²) in [5, 5.41) is 2.86. The van der Waals surface area contributed by atoms with Crippen LogP contribution in [0.5, 0.6) is 11.5 Å². The molecule has 2 aromatic heterocycles. The lowest BCUT2D eigenvalue weighted by Gasteiger charge is -2.30. The van der Waals surface area contributed by atoms with Crippen LogP contribution in [0.4, 0.5) is 0 Å². The van der Waals surface area contributed by atoms with Gasteiger partial charge >= 0.3 is 0 Å². The van der Waals surface area contributed by atoms with Crippen LogP contribution >= 0.6 is 0 Å². The van der Waals surface area contributed by atoms with Gasteiger partial charge in [-0.2, -0.15) is 0 Å². The average Bonchev–Trinajstić information content (AvgIpc) is 3.46. The van der Waals surface area contributed by atoms with Gasteiger partial charge in [0.25, 0.3) is 5.91 Å².